The summed E-state index contributed by atoms with van der Waals surface area (Å²) in [7, 11) is -3.72. The molecule has 6 heteroatoms. The van der Waals surface area contributed by atoms with Gasteiger partial charge in [-0.3, -0.25) is 4.21 Å². The molecule has 0 rings (SSSR count). The molecule has 0 aromatic rings. The van der Waals surface area contributed by atoms with Gasteiger partial charge in [-0.2, -0.15) is 0 Å². The molecule has 0 bridgehead atoms. The van der Waals surface area contributed by atoms with Crippen LogP contribution in [0, 0.1) is 0 Å². The lowest BCUT2D eigenvalue weighted by atomic mass is 10.6. The van der Waals surface area contributed by atoms with Gasteiger partial charge in [0.1, 0.15) is 0 Å². The normalized spacial score (nSPS) is 14.4. The maximum atomic E-state index is 11.4. The SMILES string of the molecule is CCS(=O)CCNCCS(=O)(=O)C(C)C. The summed E-state index contributed by atoms with van der Waals surface area (Å²) in [5.41, 5.74) is 0. The van der Waals surface area contributed by atoms with E-state index in [1.165, 1.54) is 0 Å². The monoisotopic (exact) mass is 255 g/mol. The highest BCUT2D eigenvalue weighted by molar-refractivity contribution is 7.92. The summed E-state index contributed by atoms with van der Waals surface area (Å²) < 4.78 is 33.8. The minimum absolute atomic E-state index is 0.156. The van der Waals surface area contributed by atoms with Gasteiger partial charge in [0.25, 0.3) is 0 Å². The topological polar surface area (TPSA) is 63.2 Å². The summed E-state index contributed by atoms with van der Waals surface area (Å²) in [6.45, 7) is 6.30. The standard InChI is InChI=1S/C9H21NO3S2/c1-4-14(11)7-5-10-6-8-15(12,13)9(2)3/h9-10H,4-8H2,1-3H3. The number of hydrogen-bond acceptors (Lipinski definition) is 4. The molecule has 0 amide bonds. The van der Waals surface area contributed by atoms with Crippen molar-refractivity contribution < 1.29 is 12.6 Å². The Labute approximate surface area is 95.2 Å². The van der Waals surface area contributed by atoms with Crippen molar-refractivity contribution in [1.29, 1.82) is 0 Å². The van der Waals surface area contributed by atoms with Crippen LogP contribution in [-0.2, 0) is 20.6 Å². The van der Waals surface area contributed by atoms with Crippen LogP contribution < -0.4 is 5.32 Å². The molecule has 1 N–H and O–H groups in total. The second-order valence-corrected chi connectivity index (χ2v) is 8.14. The maximum absolute atomic E-state index is 11.4. The Kier molecular flexibility index (Phi) is 7.38. The molecular formula is C9H21NO3S2. The lowest BCUT2D eigenvalue weighted by Gasteiger charge is -2.08. The Morgan fingerprint density at radius 1 is 1.27 bits per heavy atom. The average Bonchev–Trinajstić information content (AvgIpc) is 2.16. The fraction of sp³-hybridized carbons (Fsp3) is 1.00. The number of hydrogen-bond donors (Lipinski definition) is 1. The van der Waals surface area contributed by atoms with Gasteiger partial charge in [0.05, 0.1) is 11.0 Å². The molecule has 1 atom stereocenters. The molecule has 0 saturated heterocycles. The van der Waals surface area contributed by atoms with Crippen molar-refractivity contribution in [2.75, 3.05) is 30.3 Å². The number of rotatable bonds is 8. The van der Waals surface area contributed by atoms with Crippen LogP contribution in [0.3, 0.4) is 0 Å². The van der Waals surface area contributed by atoms with Crippen molar-refractivity contribution >= 4 is 20.6 Å². The zero-order chi connectivity index (χ0) is 11.9. The zero-order valence-corrected chi connectivity index (χ0v) is 11.3. The van der Waals surface area contributed by atoms with Crippen LogP contribution in [0.2, 0.25) is 0 Å². The Morgan fingerprint density at radius 3 is 2.33 bits per heavy atom. The lowest BCUT2D eigenvalue weighted by molar-refractivity contribution is 0.583. The van der Waals surface area contributed by atoms with Gasteiger partial charge in [0.15, 0.2) is 9.84 Å². The summed E-state index contributed by atoms with van der Waals surface area (Å²) in [5.74, 6) is 1.41. The molecule has 0 aliphatic carbocycles. The summed E-state index contributed by atoms with van der Waals surface area (Å²) >= 11 is 0. The van der Waals surface area contributed by atoms with E-state index in [0.29, 0.717) is 24.6 Å². The van der Waals surface area contributed by atoms with Crippen molar-refractivity contribution in [3.05, 3.63) is 0 Å². The van der Waals surface area contributed by atoms with Crippen molar-refractivity contribution in [1.82, 2.24) is 5.32 Å². The van der Waals surface area contributed by atoms with E-state index in [4.69, 9.17) is 0 Å². The first-order valence-electron chi connectivity index (χ1n) is 5.17. The fourth-order valence-corrected chi connectivity index (χ4v) is 2.47. The third kappa shape index (κ3) is 7.03. The van der Waals surface area contributed by atoms with E-state index >= 15 is 0 Å². The van der Waals surface area contributed by atoms with Gasteiger partial charge in [0.2, 0.25) is 0 Å². The number of nitrogens with one attached hydrogen (secondary N) is 1. The quantitative estimate of drug-likeness (QED) is 0.628. The second-order valence-electron chi connectivity index (χ2n) is 3.60. The van der Waals surface area contributed by atoms with Gasteiger partial charge in [-0.05, 0) is 13.8 Å². The Balaban J connectivity index is 3.60. The largest absolute Gasteiger partial charge is 0.315 e. The molecular weight excluding hydrogens is 234 g/mol. The highest BCUT2D eigenvalue weighted by Crippen LogP contribution is 1.98. The van der Waals surface area contributed by atoms with Crippen LogP contribution in [0.1, 0.15) is 20.8 Å². The van der Waals surface area contributed by atoms with Gasteiger partial charge < -0.3 is 5.32 Å². The summed E-state index contributed by atoms with van der Waals surface area (Å²) in [6, 6.07) is 0. The van der Waals surface area contributed by atoms with Crippen LogP contribution in [-0.4, -0.2) is 48.2 Å². The predicted octanol–water partition coefficient (Wildman–Crippen LogP) is 0.168. The molecule has 0 aliphatic heterocycles. The van der Waals surface area contributed by atoms with Gasteiger partial charge in [-0.25, -0.2) is 8.42 Å². The Bertz CT molecular complexity index is 286. The van der Waals surface area contributed by atoms with Crippen molar-refractivity contribution in [2.24, 2.45) is 0 Å². The van der Waals surface area contributed by atoms with Crippen LogP contribution in [0.4, 0.5) is 0 Å². The molecule has 15 heavy (non-hydrogen) atoms. The molecule has 0 radical (unpaired) electrons. The smallest absolute Gasteiger partial charge is 0.153 e. The van der Waals surface area contributed by atoms with Crippen LogP contribution >= 0.6 is 0 Å². The molecule has 0 saturated carbocycles. The molecule has 0 aliphatic rings. The maximum Gasteiger partial charge on any atom is 0.153 e. The molecule has 4 nitrogen and oxygen atoms in total. The van der Waals surface area contributed by atoms with Crippen molar-refractivity contribution in [3.8, 4) is 0 Å². The minimum Gasteiger partial charge on any atom is -0.315 e. The molecule has 0 aromatic heterocycles. The van der Waals surface area contributed by atoms with Crippen LogP contribution in [0.25, 0.3) is 0 Å². The first-order valence-corrected chi connectivity index (χ1v) is 8.37. The fourth-order valence-electron chi connectivity index (χ4n) is 0.905. The van der Waals surface area contributed by atoms with E-state index in [-0.39, 0.29) is 11.0 Å². The summed E-state index contributed by atoms with van der Waals surface area (Å²) in [4.78, 5) is 0. The second kappa shape index (κ2) is 7.35. The third-order valence-corrected chi connectivity index (χ3v) is 5.62. The molecule has 0 fully saturated rings. The van der Waals surface area contributed by atoms with Crippen LogP contribution in [0.5, 0.6) is 0 Å². The highest BCUT2D eigenvalue weighted by Gasteiger charge is 2.14. The molecule has 0 aromatic carbocycles. The highest BCUT2D eigenvalue weighted by atomic mass is 32.2. The van der Waals surface area contributed by atoms with Crippen molar-refractivity contribution in [2.45, 2.75) is 26.0 Å². The first-order chi connectivity index (χ1) is 6.90. The zero-order valence-electron chi connectivity index (χ0n) is 9.65. The third-order valence-electron chi connectivity index (χ3n) is 2.11. The van der Waals surface area contributed by atoms with E-state index < -0.39 is 20.6 Å². The minimum atomic E-state index is -2.94. The Hall–Kier alpha value is 0.0600. The van der Waals surface area contributed by atoms with Crippen molar-refractivity contribution in [3.63, 3.8) is 0 Å². The van der Waals surface area contributed by atoms with E-state index in [1.807, 2.05) is 6.92 Å². The lowest BCUT2D eigenvalue weighted by Crippen LogP contribution is -2.29. The van der Waals surface area contributed by atoms with Gasteiger partial charge in [0, 0.05) is 35.4 Å². The predicted molar refractivity (Wildman–Crippen MR) is 65.3 cm³/mol. The van der Waals surface area contributed by atoms with Gasteiger partial charge in [-0.15, -0.1) is 0 Å². The Morgan fingerprint density at radius 2 is 1.87 bits per heavy atom. The van der Waals surface area contributed by atoms with Gasteiger partial charge in [-0.1, -0.05) is 6.92 Å². The van der Waals surface area contributed by atoms with E-state index in [1.54, 1.807) is 13.8 Å². The van der Waals surface area contributed by atoms with E-state index in [9.17, 15) is 12.6 Å². The molecule has 1 unspecified atom stereocenters. The molecule has 0 heterocycles. The number of sulfone groups is 1. The average molecular weight is 255 g/mol. The van der Waals surface area contributed by atoms with Gasteiger partial charge >= 0.3 is 0 Å². The summed E-state index contributed by atoms with van der Waals surface area (Å²) in [5, 5.41) is 2.67. The molecule has 0 spiro atoms. The molecule has 92 valence electrons. The van der Waals surface area contributed by atoms with Crippen LogP contribution in [0.15, 0.2) is 0 Å². The van der Waals surface area contributed by atoms with E-state index in [0.717, 1.165) is 0 Å². The summed E-state index contributed by atoms with van der Waals surface area (Å²) in [6.07, 6.45) is 0. The van der Waals surface area contributed by atoms with E-state index in [2.05, 4.69) is 5.32 Å². The first kappa shape index (κ1) is 15.1.